The smallest absolute Gasteiger partial charge is 0.345 e. The first-order valence-electron chi connectivity index (χ1n) is 6.43. The Labute approximate surface area is 128 Å². The van der Waals surface area contributed by atoms with Crippen molar-refractivity contribution >= 4 is 26.8 Å². The summed E-state index contributed by atoms with van der Waals surface area (Å²) in [6.45, 7) is 0. The lowest BCUT2D eigenvalue weighted by Gasteiger charge is -2.09. The molecule has 10 heteroatoms. The van der Waals surface area contributed by atoms with Gasteiger partial charge < -0.3 is 10.3 Å². The highest BCUT2D eigenvalue weighted by molar-refractivity contribution is 7.94. The third-order valence-corrected chi connectivity index (χ3v) is 4.65. The maximum Gasteiger partial charge on any atom is 0.449 e. The van der Waals surface area contributed by atoms with E-state index in [4.69, 9.17) is 0 Å². The molecule has 2 heterocycles. The van der Waals surface area contributed by atoms with Crippen LogP contribution in [0.15, 0.2) is 29.7 Å². The fourth-order valence-corrected chi connectivity index (χ4v) is 3.44. The molecule has 2 N–H and O–H groups in total. The number of hydrogen-bond acceptors (Lipinski definition) is 4. The number of benzene rings is 1. The van der Waals surface area contributed by atoms with Crippen molar-refractivity contribution in [3.63, 3.8) is 0 Å². The summed E-state index contributed by atoms with van der Waals surface area (Å²) in [5.41, 5.74) is 0.254. The number of rotatable bonds is 2. The Morgan fingerprint density at radius 3 is 2.70 bits per heavy atom. The lowest BCUT2D eigenvalue weighted by Crippen LogP contribution is -2.35. The van der Waals surface area contributed by atoms with Crippen LogP contribution < -0.4 is 5.32 Å². The Hall–Kier alpha value is -2.36. The van der Waals surface area contributed by atoms with E-state index in [0.29, 0.717) is 0 Å². The van der Waals surface area contributed by atoms with E-state index in [1.54, 1.807) is 0 Å². The molecule has 0 fully saturated rings. The standard InChI is InChI=1S/C13H10F3N3O3S/c14-13(15,16)12-18-9-2-1-7(5-10(9)19-12)11(20)17-8-3-4-23(21,22)6-8/h1-5,8H,6H2,(H,17,20)(H,18,19)/t8-/m0/s1. The van der Waals surface area contributed by atoms with Crippen LogP contribution in [0.5, 0.6) is 0 Å². The maximum absolute atomic E-state index is 12.6. The van der Waals surface area contributed by atoms with Gasteiger partial charge in [0.15, 0.2) is 9.84 Å². The van der Waals surface area contributed by atoms with Crippen molar-refractivity contribution in [3.05, 3.63) is 41.1 Å². The Kier molecular flexibility index (Phi) is 3.43. The lowest BCUT2D eigenvalue weighted by molar-refractivity contribution is -0.144. The predicted molar refractivity (Wildman–Crippen MR) is 75.3 cm³/mol. The molecule has 2 aromatic rings. The van der Waals surface area contributed by atoms with Gasteiger partial charge in [-0.1, -0.05) is 0 Å². The van der Waals surface area contributed by atoms with Crippen molar-refractivity contribution in [2.45, 2.75) is 12.2 Å². The molecule has 0 bridgehead atoms. The topological polar surface area (TPSA) is 91.9 Å². The number of fused-ring (bicyclic) bond motifs is 1. The first-order valence-corrected chi connectivity index (χ1v) is 8.14. The fraction of sp³-hybridized carbons (Fsp3) is 0.231. The van der Waals surface area contributed by atoms with E-state index < -0.39 is 33.8 Å². The molecule has 0 saturated heterocycles. The average molecular weight is 345 g/mol. The SMILES string of the molecule is O=C(N[C@H]1C=CS(=O)(=O)C1)c1ccc2nc(C(F)(F)F)[nH]c2c1. The van der Waals surface area contributed by atoms with Gasteiger partial charge in [0.2, 0.25) is 5.82 Å². The van der Waals surface area contributed by atoms with E-state index in [-0.39, 0.29) is 22.3 Å². The number of nitrogens with zero attached hydrogens (tertiary/aromatic N) is 1. The van der Waals surface area contributed by atoms with Crippen molar-refractivity contribution in [2.24, 2.45) is 0 Å². The number of imidazole rings is 1. The highest BCUT2D eigenvalue weighted by atomic mass is 32.2. The van der Waals surface area contributed by atoms with Gasteiger partial charge in [0.05, 0.1) is 22.8 Å². The van der Waals surface area contributed by atoms with Crippen LogP contribution >= 0.6 is 0 Å². The minimum absolute atomic E-state index is 0.0690. The molecule has 1 aliphatic heterocycles. The minimum atomic E-state index is -4.61. The molecule has 23 heavy (non-hydrogen) atoms. The number of H-pyrrole nitrogens is 1. The number of aromatic amines is 1. The molecule has 0 radical (unpaired) electrons. The van der Waals surface area contributed by atoms with E-state index in [1.807, 2.05) is 0 Å². The summed E-state index contributed by atoms with van der Waals surface area (Å²) in [7, 11) is -3.31. The van der Waals surface area contributed by atoms with Crippen LogP contribution in [0.2, 0.25) is 0 Å². The van der Waals surface area contributed by atoms with Crippen LogP contribution in [0.4, 0.5) is 13.2 Å². The van der Waals surface area contributed by atoms with Gasteiger partial charge in [0.25, 0.3) is 5.91 Å². The Bertz CT molecular complexity index is 915. The van der Waals surface area contributed by atoms with Crippen LogP contribution in [0.3, 0.4) is 0 Å². The normalized spacial score (nSPS) is 20.0. The van der Waals surface area contributed by atoms with Gasteiger partial charge in [0, 0.05) is 11.0 Å². The number of nitrogens with one attached hydrogen (secondary N) is 2. The zero-order valence-corrected chi connectivity index (χ0v) is 12.2. The second-order valence-electron chi connectivity index (χ2n) is 5.05. The molecule has 0 aliphatic carbocycles. The maximum atomic E-state index is 12.6. The molecule has 1 aromatic heterocycles. The van der Waals surface area contributed by atoms with Gasteiger partial charge in [-0.05, 0) is 24.3 Å². The molecule has 1 atom stereocenters. The molecule has 1 aliphatic rings. The van der Waals surface area contributed by atoms with Gasteiger partial charge in [-0.2, -0.15) is 13.2 Å². The van der Waals surface area contributed by atoms with Crippen molar-refractivity contribution in [1.82, 2.24) is 15.3 Å². The molecular weight excluding hydrogens is 335 g/mol. The Balaban J connectivity index is 1.83. The zero-order chi connectivity index (χ0) is 16.8. The molecule has 0 unspecified atom stereocenters. The number of amides is 1. The summed E-state index contributed by atoms with van der Waals surface area (Å²) < 4.78 is 60.3. The number of sulfone groups is 1. The largest absolute Gasteiger partial charge is 0.449 e. The van der Waals surface area contributed by atoms with Crippen LogP contribution in [0, 0.1) is 0 Å². The second kappa shape index (κ2) is 5.08. The van der Waals surface area contributed by atoms with E-state index in [9.17, 15) is 26.4 Å². The number of aromatic nitrogens is 2. The quantitative estimate of drug-likeness (QED) is 0.865. The van der Waals surface area contributed by atoms with Gasteiger partial charge in [-0.25, -0.2) is 13.4 Å². The lowest BCUT2D eigenvalue weighted by atomic mass is 10.2. The predicted octanol–water partition coefficient (Wildman–Crippen LogP) is 1.62. The van der Waals surface area contributed by atoms with E-state index >= 15 is 0 Å². The molecule has 1 aromatic carbocycles. The second-order valence-corrected chi connectivity index (χ2v) is 6.98. The number of carbonyl (C=O) groups is 1. The minimum Gasteiger partial charge on any atom is -0.345 e. The van der Waals surface area contributed by atoms with Crippen molar-refractivity contribution in [3.8, 4) is 0 Å². The average Bonchev–Trinajstić information content (AvgIpc) is 3.00. The number of alkyl halides is 3. The molecule has 6 nitrogen and oxygen atoms in total. The molecule has 0 saturated carbocycles. The van der Waals surface area contributed by atoms with Crippen LogP contribution in [-0.4, -0.2) is 36.1 Å². The zero-order valence-electron chi connectivity index (χ0n) is 11.4. The summed E-state index contributed by atoms with van der Waals surface area (Å²) in [5.74, 6) is -1.96. The molecule has 3 rings (SSSR count). The summed E-state index contributed by atoms with van der Waals surface area (Å²) in [6, 6.07) is 3.19. The number of hydrogen-bond donors (Lipinski definition) is 2. The Morgan fingerprint density at radius 1 is 1.35 bits per heavy atom. The summed E-state index contributed by atoms with van der Waals surface area (Å²) in [6.07, 6.45) is -3.26. The van der Waals surface area contributed by atoms with Crippen LogP contribution in [-0.2, 0) is 16.0 Å². The van der Waals surface area contributed by atoms with Crippen LogP contribution in [0.1, 0.15) is 16.2 Å². The highest BCUT2D eigenvalue weighted by Gasteiger charge is 2.34. The van der Waals surface area contributed by atoms with Crippen LogP contribution in [0.25, 0.3) is 11.0 Å². The van der Waals surface area contributed by atoms with Gasteiger partial charge in [0.1, 0.15) is 0 Å². The van der Waals surface area contributed by atoms with Gasteiger partial charge in [-0.15, -0.1) is 0 Å². The van der Waals surface area contributed by atoms with Gasteiger partial charge in [-0.3, -0.25) is 4.79 Å². The highest BCUT2D eigenvalue weighted by Crippen LogP contribution is 2.28. The summed E-state index contributed by atoms with van der Waals surface area (Å²) in [5, 5.41) is 3.51. The third-order valence-electron chi connectivity index (χ3n) is 3.26. The van der Waals surface area contributed by atoms with Crippen molar-refractivity contribution in [1.29, 1.82) is 0 Å². The fourth-order valence-electron chi connectivity index (χ4n) is 2.20. The van der Waals surface area contributed by atoms with E-state index in [0.717, 1.165) is 5.41 Å². The molecular formula is C13H10F3N3O3S. The molecule has 1 amide bonds. The van der Waals surface area contributed by atoms with Crippen molar-refractivity contribution in [2.75, 3.05) is 5.75 Å². The summed E-state index contributed by atoms with van der Waals surface area (Å²) >= 11 is 0. The van der Waals surface area contributed by atoms with E-state index in [2.05, 4.69) is 15.3 Å². The number of carbonyl (C=O) groups excluding carboxylic acids is 1. The first-order chi connectivity index (χ1) is 10.6. The van der Waals surface area contributed by atoms with Crippen molar-refractivity contribution < 1.29 is 26.4 Å². The summed E-state index contributed by atoms with van der Waals surface area (Å²) in [4.78, 5) is 17.6. The Morgan fingerprint density at radius 2 is 2.09 bits per heavy atom. The first kappa shape index (κ1) is 15.5. The molecule has 122 valence electrons. The molecule has 0 spiro atoms. The monoisotopic (exact) mass is 345 g/mol. The van der Waals surface area contributed by atoms with E-state index in [1.165, 1.54) is 24.3 Å². The number of halogens is 3. The third kappa shape index (κ3) is 3.21. The van der Waals surface area contributed by atoms with Gasteiger partial charge >= 0.3 is 6.18 Å².